The number of aryl methyl sites for hydroxylation is 1. The standard InChI is InChI=1S/C15H18BrN5OS/c1-10-5-3-4-6-13(10)18-15(23)20-19-14(22)11(2)8-21-9-12(16)7-17-21/h3-7,9,11H,8H2,1-2H3,(H,19,22)(H2,18,20,23). The minimum absolute atomic E-state index is 0.162. The number of anilines is 1. The second-order valence-electron chi connectivity index (χ2n) is 5.16. The van der Waals surface area contributed by atoms with E-state index in [1.54, 1.807) is 10.9 Å². The predicted octanol–water partition coefficient (Wildman–Crippen LogP) is 2.61. The van der Waals surface area contributed by atoms with Gasteiger partial charge in [-0.2, -0.15) is 5.10 Å². The number of aromatic nitrogens is 2. The van der Waals surface area contributed by atoms with Crippen molar-refractivity contribution in [1.82, 2.24) is 20.6 Å². The summed E-state index contributed by atoms with van der Waals surface area (Å²) >= 11 is 8.50. The maximum Gasteiger partial charge on any atom is 0.243 e. The third-order valence-electron chi connectivity index (χ3n) is 3.20. The molecule has 0 saturated carbocycles. The molecule has 1 aromatic carbocycles. The Morgan fingerprint density at radius 1 is 1.39 bits per heavy atom. The molecule has 1 unspecified atom stereocenters. The second-order valence-corrected chi connectivity index (χ2v) is 6.49. The van der Waals surface area contributed by atoms with Gasteiger partial charge in [-0.1, -0.05) is 25.1 Å². The van der Waals surface area contributed by atoms with Crippen molar-refractivity contribution in [2.45, 2.75) is 20.4 Å². The molecule has 1 amide bonds. The topological polar surface area (TPSA) is 71.0 Å². The number of hydrogen-bond donors (Lipinski definition) is 3. The highest BCUT2D eigenvalue weighted by Crippen LogP contribution is 2.12. The zero-order chi connectivity index (χ0) is 16.8. The van der Waals surface area contributed by atoms with Gasteiger partial charge >= 0.3 is 0 Å². The normalized spacial score (nSPS) is 11.6. The van der Waals surface area contributed by atoms with Crippen LogP contribution in [0.1, 0.15) is 12.5 Å². The lowest BCUT2D eigenvalue weighted by Gasteiger charge is -2.15. The fourth-order valence-electron chi connectivity index (χ4n) is 1.91. The Morgan fingerprint density at radius 3 is 2.78 bits per heavy atom. The molecule has 0 bridgehead atoms. The van der Waals surface area contributed by atoms with Gasteiger partial charge in [0.1, 0.15) is 0 Å². The molecule has 0 aliphatic carbocycles. The first-order valence-corrected chi connectivity index (χ1v) is 8.26. The number of amides is 1. The van der Waals surface area contributed by atoms with E-state index in [1.165, 1.54) is 0 Å². The van der Waals surface area contributed by atoms with Crippen LogP contribution >= 0.6 is 28.1 Å². The molecule has 0 aliphatic rings. The molecule has 0 spiro atoms. The van der Waals surface area contributed by atoms with Gasteiger partial charge in [0.2, 0.25) is 5.91 Å². The van der Waals surface area contributed by atoms with Crippen LogP contribution in [0.15, 0.2) is 41.1 Å². The zero-order valence-electron chi connectivity index (χ0n) is 12.8. The van der Waals surface area contributed by atoms with E-state index < -0.39 is 0 Å². The largest absolute Gasteiger partial charge is 0.331 e. The van der Waals surface area contributed by atoms with Gasteiger partial charge in [-0.15, -0.1) is 0 Å². The van der Waals surface area contributed by atoms with Crippen LogP contribution in [-0.2, 0) is 11.3 Å². The summed E-state index contributed by atoms with van der Waals surface area (Å²) in [6, 6.07) is 7.77. The SMILES string of the molecule is Cc1ccccc1NC(=S)NNC(=O)C(C)Cn1cc(Br)cn1. The molecule has 6 nitrogen and oxygen atoms in total. The zero-order valence-corrected chi connectivity index (χ0v) is 15.2. The Hall–Kier alpha value is -1.93. The van der Waals surface area contributed by atoms with Crippen LogP contribution in [-0.4, -0.2) is 20.8 Å². The molecule has 0 radical (unpaired) electrons. The van der Waals surface area contributed by atoms with E-state index in [0.717, 1.165) is 15.7 Å². The minimum Gasteiger partial charge on any atom is -0.331 e. The Balaban J connectivity index is 1.79. The number of nitrogens with zero attached hydrogens (tertiary/aromatic N) is 2. The quantitative estimate of drug-likeness (QED) is 0.548. The third-order valence-corrected chi connectivity index (χ3v) is 3.82. The molecule has 1 atom stereocenters. The van der Waals surface area contributed by atoms with Crippen molar-refractivity contribution in [2.75, 3.05) is 5.32 Å². The lowest BCUT2D eigenvalue weighted by molar-refractivity contribution is -0.125. The number of hydrazine groups is 1. The summed E-state index contributed by atoms with van der Waals surface area (Å²) in [4.78, 5) is 12.1. The Morgan fingerprint density at radius 2 is 2.13 bits per heavy atom. The first kappa shape index (κ1) is 17.4. The Bertz CT molecular complexity index is 703. The van der Waals surface area contributed by atoms with Crippen LogP contribution in [0, 0.1) is 12.8 Å². The second kappa shape index (κ2) is 8.07. The molecule has 23 heavy (non-hydrogen) atoms. The van der Waals surface area contributed by atoms with Crippen LogP contribution in [0.4, 0.5) is 5.69 Å². The van der Waals surface area contributed by atoms with Crippen LogP contribution in [0.3, 0.4) is 0 Å². The Labute approximate surface area is 148 Å². The van der Waals surface area contributed by atoms with E-state index in [9.17, 15) is 4.79 Å². The van der Waals surface area contributed by atoms with Gasteiger partial charge in [0.15, 0.2) is 5.11 Å². The first-order valence-electron chi connectivity index (χ1n) is 7.06. The first-order chi connectivity index (χ1) is 11.0. The lowest BCUT2D eigenvalue weighted by Crippen LogP contribution is -2.46. The number of halogens is 1. The van der Waals surface area contributed by atoms with Crippen molar-refractivity contribution < 1.29 is 4.79 Å². The highest BCUT2D eigenvalue weighted by molar-refractivity contribution is 9.10. The average Bonchev–Trinajstić information content (AvgIpc) is 2.92. The van der Waals surface area contributed by atoms with E-state index in [0.29, 0.717) is 11.7 Å². The summed E-state index contributed by atoms with van der Waals surface area (Å²) in [5, 5.41) is 7.50. The summed E-state index contributed by atoms with van der Waals surface area (Å²) in [5.74, 6) is -0.416. The summed E-state index contributed by atoms with van der Waals surface area (Å²) < 4.78 is 2.59. The maximum atomic E-state index is 12.1. The molecule has 3 N–H and O–H groups in total. The highest BCUT2D eigenvalue weighted by atomic mass is 79.9. The molecule has 1 heterocycles. The van der Waals surface area contributed by atoms with E-state index in [-0.39, 0.29) is 11.8 Å². The fourth-order valence-corrected chi connectivity index (χ4v) is 2.40. The van der Waals surface area contributed by atoms with Crippen LogP contribution in [0.2, 0.25) is 0 Å². The molecule has 0 saturated heterocycles. The van der Waals surface area contributed by atoms with E-state index >= 15 is 0 Å². The van der Waals surface area contributed by atoms with Crippen LogP contribution in [0.25, 0.3) is 0 Å². The molecular weight excluding hydrogens is 378 g/mol. The predicted molar refractivity (Wildman–Crippen MR) is 97.8 cm³/mol. The number of carbonyl (C=O) groups is 1. The van der Waals surface area contributed by atoms with Gasteiger partial charge in [-0.05, 0) is 46.7 Å². The number of nitrogens with one attached hydrogen (secondary N) is 3. The average molecular weight is 396 g/mol. The maximum absolute atomic E-state index is 12.1. The lowest BCUT2D eigenvalue weighted by atomic mass is 10.2. The molecule has 1 aromatic heterocycles. The number of carbonyl (C=O) groups excluding carboxylic acids is 1. The molecule has 0 aliphatic heterocycles. The third kappa shape index (κ3) is 5.33. The van der Waals surface area contributed by atoms with Gasteiger partial charge in [0.25, 0.3) is 0 Å². The van der Waals surface area contributed by atoms with Crippen molar-refractivity contribution in [3.63, 3.8) is 0 Å². The Kier molecular flexibility index (Phi) is 6.12. The monoisotopic (exact) mass is 395 g/mol. The van der Waals surface area contributed by atoms with Gasteiger partial charge < -0.3 is 5.32 Å². The van der Waals surface area contributed by atoms with Crippen molar-refractivity contribution in [2.24, 2.45) is 5.92 Å². The van der Waals surface area contributed by atoms with Gasteiger partial charge in [-0.25, -0.2) is 0 Å². The number of rotatable bonds is 4. The van der Waals surface area contributed by atoms with Crippen molar-refractivity contribution in [3.8, 4) is 0 Å². The number of thiocarbonyl (C=S) groups is 1. The molecule has 8 heteroatoms. The highest BCUT2D eigenvalue weighted by Gasteiger charge is 2.14. The summed E-state index contributed by atoms with van der Waals surface area (Å²) in [6.45, 7) is 4.29. The van der Waals surface area contributed by atoms with Crippen LogP contribution in [0.5, 0.6) is 0 Å². The van der Waals surface area contributed by atoms with Crippen LogP contribution < -0.4 is 16.2 Å². The van der Waals surface area contributed by atoms with Gasteiger partial charge in [-0.3, -0.25) is 20.3 Å². The number of para-hydroxylation sites is 1. The van der Waals surface area contributed by atoms with Crippen molar-refractivity contribution >= 4 is 44.9 Å². The van der Waals surface area contributed by atoms with Crippen molar-refractivity contribution in [3.05, 3.63) is 46.7 Å². The van der Waals surface area contributed by atoms with Crippen molar-refractivity contribution in [1.29, 1.82) is 0 Å². The molecule has 122 valence electrons. The van der Waals surface area contributed by atoms with E-state index in [1.807, 2.05) is 44.3 Å². The minimum atomic E-state index is -0.254. The van der Waals surface area contributed by atoms with E-state index in [4.69, 9.17) is 12.2 Å². The number of hydrogen-bond acceptors (Lipinski definition) is 3. The summed E-state index contributed by atoms with van der Waals surface area (Å²) in [7, 11) is 0. The molecule has 2 rings (SSSR count). The summed E-state index contributed by atoms with van der Waals surface area (Å²) in [5.41, 5.74) is 7.28. The fraction of sp³-hybridized carbons (Fsp3) is 0.267. The molecule has 0 fully saturated rings. The van der Waals surface area contributed by atoms with E-state index in [2.05, 4.69) is 37.2 Å². The molecule has 2 aromatic rings. The van der Waals surface area contributed by atoms with Gasteiger partial charge in [0.05, 0.1) is 23.1 Å². The summed E-state index contributed by atoms with van der Waals surface area (Å²) in [6.07, 6.45) is 3.51. The van der Waals surface area contributed by atoms with Gasteiger partial charge in [0, 0.05) is 11.9 Å². The number of benzene rings is 1. The smallest absolute Gasteiger partial charge is 0.243 e. The molecular formula is C15H18BrN5OS.